The van der Waals surface area contributed by atoms with E-state index in [1.807, 2.05) is 6.92 Å². The summed E-state index contributed by atoms with van der Waals surface area (Å²) in [5.41, 5.74) is 0.688. The van der Waals surface area contributed by atoms with Crippen LogP contribution in [0.3, 0.4) is 0 Å². The van der Waals surface area contributed by atoms with Gasteiger partial charge in [0.15, 0.2) is 0 Å². The number of amides is 2. The van der Waals surface area contributed by atoms with Crippen molar-refractivity contribution in [3.8, 4) is 0 Å². The topological polar surface area (TPSA) is 52.7 Å². The van der Waals surface area contributed by atoms with Gasteiger partial charge in [0.2, 0.25) is 11.8 Å². The SMILES string of the molecule is CC1CN(C(=O)C2CCN(c3ccc(Cl)c(Cl)c3)C2=O)CCN1.Cl. The van der Waals surface area contributed by atoms with E-state index in [-0.39, 0.29) is 30.3 Å². The lowest BCUT2D eigenvalue weighted by Gasteiger charge is -2.33. The Labute approximate surface area is 157 Å². The van der Waals surface area contributed by atoms with Crippen LogP contribution in [0.5, 0.6) is 0 Å². The van der Waals surface area contributed by atoms with Crippen LogP contribution >= 0.6 is 35.6 Å². The molecule has 0 radical (unpaired) electrons. The molecular formula is C16H20Cl3N3O2. The maximum absolute atomic E-state index is 12.7. The Balaban J connectivity index is 0.00000208. The van der Waals surface area contributed by atoms with Gasteiger partial charge in [-0.2, -0.15) is 0 Å². The van der Waals surface area contributed by atoms with Crippen molar-refractivity contribution in [3.63, 3.8) is 0 Å². The zero-order chi connectivity index (χ0) is 16.6. The summed E-state index contributed by atoms with van der Waals surface area (Å²) in [4.78, 5) is 28.7. The van der Waals surface area contributed by atoms with Crippen molar-refractivity contribution in [1.82, 2.24) is 10.2 Å². The molecule has 0 spiro atoms. The van der Waals surface area contributed by atoms with Crippen LogP contribution < -0.4 is 10.2 Å². The van der Waals surface area contributed by atoms with Crippen molar-refractivity contribution in [2.45, 2.75) is 19.4 Å². The molecule has 5 nitrogen and oxygen atoms in total. The van der Waals surface area contributed by atoms with Crippen molar-refractivity contribution < 1.29 is 9.59 Å². The highest BCUT2D eigenvalue weighted by molar-refractivity contribution is 6.42. The van der Waals surface area contributed by atoms with Crippen molar-refractivity contribution in [3.05, 3.63) is 28.2 Å². The number of carbonyl (C=O) groups excluding carboxylic acids is 2. The van der Waals surface area contributed by atoms with E-state index in [2.05, 4.69) is 5.32 Å². The first-order chi connectivity index (χ1) is 11.0. The van der Waals surface area contributed by atoms with Crippen molar-refractivity contribution in [1.29, 1.82) is 0 Å². The number of nitrogens with zero attached hydrogens (tertiary/aromatic N) is 2. The van der Waals surface area contributed by atoms with Gasteiger partial charge >= 0.3 is 0 Å². The van der Waals surface area contributed by atoms with Crippen LogP contribution in [-0.2, 0) is 9.59 Å². The lowest BCUT2D eigenvalue weighted by Crippen LogP contribution is -2.53. The molecule has 1 N–H and O–H groups in total. The molecule has 0 aliphatic carbocycles. The van der Waals surface area contributed by atoms with Gasteiger partial charge in [-0.05, 0) is 31.5 Å². The zero-order valence-electron chi connectivity index (χ0n) is 13.3. The Hall–Kier alpha value is -1.01. The summed E-state index contributed by atoms with van der Waals surface area (Å²) in [5.74, 6) is -0.805. The summed E-state index contributed by atoms with van der Waals surface area (Å²) >= 11 is 11.9. The first-order valence-electron chi connectivity index (χ1n) is 7.76. The molecule has 3 rings (SSSR count). The highest BCUT2D eigenvalue weighted by Gasteiger charge is 2.40. The fourth-order valence-electron chi connectivity index (χ4n) is 3.17. The van der Waals surface area contributed by atoms with Crippen LogP contribution in [0, 0.1) is 5.92 Å². The monoisotopic (exact) mass is 391 g/mol. The quantitative estimate of drug-likeness (QED) is 0.787. The Morgan fingerprint density at radius 1 is 1.25 bits per heavy atom. The molecule has 132 valence electrons. The molecule has 2 atom stereocenters. The van der Waals surface area contributed by atoms with E-state index < -0.39 is 5.92 Å². The maximum Gasteiger partial charge on any atom is 0.239 e. The van der Waals surface area contributed by atoms with Gasteiger partial charge in [-0.25, -0.2) is 0 Å². The van der Waals surface area contributed by atoms with E-state index in [1.165, 1.54) is 0 Å². The van der Waals surface area contributed by atoms with E-state index in [0.29, 0.717) is 41.8 Å². The standard InChI is InChI=1S/C16H19Cl2N3O2.ClH/c1-10-9-20(7-5-19-10)15(22)12-4-6-21(16(12)23)11-2-3-13(17)14(18)8-11;/h2-3,8,10,12,19H,4-7,9H2,1H3;1H. The van der Waals surface area contributed by atoms with E-state index >= 15 is 0 Å². The molecule has 2 aliphatic heterocycles. The molecule has 2 aliphatic rings. The van der Waals surface area contributed by atoms with Crippen LogP contribution in [0.1, 0.15) is 13.3 Å². The van der Waals surface area contributed by atoms with Gasteiger partial charge in [-0.15, -0.1) is 12.4 Å². The van der Waals surface area contributed by atoms with E-state index in [9.17, 15) is 9.59 Å². The maximum atomic E-state index is 12.7. The van der Waals surface area contributed by atoms with Gasteiger partial charge < -0.3 is 15.1 Å². The van der Waals surface area contributed by atoms with Crippen molar-refractivity contribution in [2.75, 3.05) is 31.1 Å². The second-order valence-corrected chi connectivity index (χ2v) is 6.88. The van der Waals surface area contributed by atoms with Crippen LogP contribution in [0.2, 0.25) is 10.0 Å². The number of hydrogen-bond donors (Lipinski definition) is 1. The average Bonchev–Trinajstić information content (AvgIpc) is 2.91. The summed E-state index contributed by atoms with van der Waals surface area (Å²) in [6.07, 6.45) is 0.538. The number of rotatable bonds is 2. The minimum atomic E-state index is -0.588. The largest absolute Gasteiger partial charge is 0.339 e. The number of hydrogen-bond acceptors (Lipinski definition) is 3. The molecule has 0 bridgehead atoms. The molecule has 8 heteroatoms. The Morgan fingerprint density at radius 3 is 2.67 bits per heavy atom. The first-order valence-corrected chi connectivity index (χ1v) is 8.51. The predicted molar refractivity (Wildman–Crippen MR) is 98.2 cm³/mol. The Morgan fingerprint density at radius 2 is 2.00 bits per heavy atom. The summed E-state index contributed by atoms with van der Waals surface area (Å²) in [6.45, 7) is 4.63. The highest BCUT2D eigenvalue weighted by Crippen LogP contribution is 2.31. The molecule has 24 heavy (non-hydrogen) atoms. The fraction of sp³-hybridized carbons (Fsp3) is 0.500. The molecule has 2 heterocycles. The van der Waals surface area contributed by atoms with Gasteiger partial charge in [-0.3, -0.25) is 9.59 Å². The molecule has 0 aromatic heterocycles. The van der Waals surface area contributed by atoms with Crippen molar-refractivity contribution >= 4 is 53.1 Å². The predicted octanol–water partition coefficient (Wildman–Crippen LogP) is 2.59. The Bertz CT molecular complexity index is 641. The summed E-state index contributed by atoms with van der Waals surface area (Å²) < 4.78 is 0. The minimum absolute atomic E-state index is 0. The number of benzene rings is 1. The van der Waals surface area contributed by atoms with E-state index in [4.69, 9.17) is 23.2 Å². The molecule has 2 amide bonds. The number of carbonyl (C=O) groups is 2. The number of nitrogens with one attached hydrogen (secondary N) is 1. The van der Waals surface area contributed by atoms with Gasteiger partial charge in [0.25, 0.3) is 0 Å². The van der Waals surface area contributed by atoms with Crippen molar-refractivity contribution in [2.24, 2.45) is 5.92 Å². The van der Waals surface area contributed by atoms with Gasteiger partial charge in [0, 0.05) is 37.9 Å². The number of anilines is 1. The second-order valence-electron chi connectivity index (χ2n) is 6.07. The van der Waals surface area contributed by atoms with Gasteiger partial charge in [0.1, 0.15) is 5.92 Å². The van der Waals surface area contributed by atoms with Crippen LogP contribution in [0.25, 0.3) is 0 Å². The van der Waals surface area contributed by atoms with E-state index in [0.717, 1.165) is 6.54 Å². The third kappa shape index (κ3) is 3.80. The third-order valence-corrected chi connectivity index (χ3v) is 5.14. The zero-order valence-corrected chi connectivity index (χ0v) is 15.6. The second kappa shape index (κ2) is 7.91. The molecule has 1 aromatic carbocycles. The van der Waals surface area contributed by atoms with Crippen LogP contribution in [0.15, 0.2) is 18.2 Å². The summed E-state index contributed by atoms with van der Waals surface area (Å²) in [7, 11) is 0. The van der Waals surface area contributed by atoms with Crippen LogP contribution in [-0.4, -0.2) is 48.9 Å². The van der Waals surface area contributed by atoms with Crippen LogP contribution in [0.4, 0.5) is 5.69 Å². The molecule has 0 saturated carbocycles. The third-order valence-electron chi connectivity index (χ3n) is 4.40. The summed E-state index contributed by atoms with van der Waals surface area (Å²) in [5, 5.41) is 4.15. The number of halogens is 3. The smallest absolute Gasteiger partial charge is 0.239 e. The first kappa shape index (κ1) is 19.3. The lowest BCUT2D eigenvalue weighted by molar-refractivity contribution is -0.140. The van der Waals surface area contributed by atoms with Gasteiger partial charge in [0.05, 0.1) is 10.0 Å². The van der Waals surface area contributed by atoms with E-state index in [1.54, 1.807) is 28.0 Å². The highest BCUT2D eigenvalue weighted by atomic mass is 35.5. The average molecular weight is 393 g/mol. The fourth-order valence-corrected chi connectivity index (χ4v) is 3.46. The Kier molecular flexibility index (Phi) is 6.37. The molecule has 2 unspecified atom stereocenters. The minimum Gasteiger partial charge on any atom is -0.339 e. The van der Waals surface area contributed by atoms with Gasteiger partial charge in [-0.1, -0.05) is 23.2 Å². The molecule has 2 saturated heterocycles. The number of piperazine rings is 1. The molecule has 2 fully saturated rings. The molecule has 1 aromatic rings. The lowest BCUT2D eigenvalue weighted by atomic mass is 10.1. The normalized spacial score (nSPS) is 24.0. The summed E-state index contributed by atoms with van der Waals surface area (Å²) in [6, 6.07) is 5.35. The molecular weight excluding hydrogens is 373 g/mol.